The van der Waals surface area contributed by atoms with Gasteiger partial charge in [0.2, 0.25) is 5.75 Å². The number of rotatable bonds is 8. The van der Waals surface area contributed by atoms with Crippen LogP contribution in [0.25, 0.3) is 0 Å². The van der Waals surface area contributed by atoms with Gasteiger partial charge in [-0.05, 0) is 18.1 Å². The van der Waals surface area contributed by atoms with Crippen LogP contribution in [0.5, 0.6) is 17.2 Å². The summed E-state index contributed by atoms with van der Waals surface area (Å²) in [6.45, 7) is 3.81. The molecule has 24 heavy (non-hydrogen) atoms. The molecule has 0 fully saturated rings. The lowest BCUT2D eigenvalue weighted by Crippen LogP contribution is -2.45. The fourth-order valence-electron chi connectivity index (χ4n) is 2.23. The Morgan fingerprint density at radius 3 is 1.96 bits per heavy atom. The van der Waals surface area contributed by atoms with Crippen LogP contribution in [0.1, 0.15) is 30.6 Å². The predicted octanol–water partition coefficient (Wildman–Crippen LogP) is 2.03. The van der Waals surface area contributed by atoms with Gasteiger partial charge in [-0.15, -0.1) is 0 Å². The van der Waals surface area contributed by atoms with Crippen molar-refractivity contribution in [1.29, 1.82) is 0 Å². The fraction of sp³-hybridized carbons (Fsp3) is 0.529. The van der Waals surface area contributed by atoms with Gasteiger partial charge >= 0.3 is 5.97 Å². The Morgan fingerprint density at radius 1 is 1.04 bits per heavy atom. The third-order valence-corrected chi connectivity index (χ3v) is 3.88. The highest BCUT2D eigenvalue weighted by atomic mass is 16.5. The molecule has 0 bridgehead atoms. The molecule has 1 N–H and O–H groups in total. The van der Waals surface area contributed by atoms with Gasteiger partial charge in [0.25, 0.3) is 5.91 Å². The summed E-state index contributed by atoms with van der Waals surface area (Å²) in [7, 11) is 5.71. The highest BCUT2D eigenvalue weighted by Gasteiger charge is 2.28. The Bertz CT molecular complexity index is 561. The molecule has 1 rings (SSSR count). The third-order valence-electron chi connectivity index (χ3n) is 3.88. The van der Waals surface area contributed by atoms with Crippen LogP contribution in [0.3, 0.4) is 0 Å². The van der Waals surface area contributed by atoms with Crippen molar-refractivity contribution in [1.82, 2.24) is 5.32 Å². The van der Waals surface area contributed by atoms with E-state index in [0.717, 1.165) is 6.42 Å². The largest absolute Gasteiger partial charge is 0.493 e. The molecular weight excluding hydrogens is 314 g/mol. The normalized spacial score (nSPS) is 12.8. The molecule has 0 saturated carbocycles. The fourth-order valence-corrected chi connectivity index (χ4v) is 2.23. The molecule has 0 radical (unpaired) electrons. The summed E-state index contributed by atoms with van der Waals surface area (Å²) in [6.07, 6.45) is 0.718. The van der Waals surface area contributed by atoms with Crippen molar-refractivity contribution < 1.29 is 28.5 Å². The second-order valence-electron chi connectivity index (χ2n) is 5.27. The van der Waals surface area contributed by atoms with Crippen LogP contribution in [-0.2, 0) is 9.53 Å². The molecule has 1 aromatic rings. The smallest absolute Gasteiger partial charge is 0.328 e. The molecule has 0 aliphatic rings. The maximum Gasteiger partial charge on any atom is 0.328 e. The number of carbonyl (C=O) groups excluding carboxylic acids is 2. The lowest BCUT2D eigenvalue weighted by molar-refractivity contribution is -0.144. The molecule has 0 aliphatic carbocycles. The number of carbonyl (C=O) groups is 2. The third kappa shape index (κ3) is 4.31. The van der Waals surface area contributed by atoms with Crippen LogP contribution in [0.2, 0.25) is 0 Å². The maximum absolute atomic E-state index is 12.6. The summed E-state index contributed by atoms with van der Waals surface area (Å²) in [4.78, 5) is 24.5. The van der Waals surface area contributed by atoms with Gasteiger partial charge in [-0.3, -0.25) is 4.79 Å². The first-order valence-corrected chi connectivity index (χ1v) is 7.62. The topological polar surface area (TPSA) is 83.1 Å². The van der Waals surface area contributed by atoms with E-state index in [1.807, 2.05) is 13.8 Å². The zero-order valence-electron chi connectivity index (χ0n) is 15.0. The zero-order chi connectivity index (χ0) is 18.3. The van der Waals surface area contributed by atoms with Crippen LogP contribution in [0.15, 0.2) is 12.1 Å². The molecule has 7 heteroatoms. The minimum absolute atomic E-state index is 0.0663. The maximum atomic E-state index is 12.6. The average Bonchev–Trinajstić information content (AvgIpc) is 2.62. The van der Waals surface area contributed by atoms with E-state index in [4.69, 9.17) is 18.9 Å². The molecule has 134 valence electrons. The van der Waals surface area contributed by atoms with Gasteiger partial charge in [0.15, 0.2) is 11.5 Å². The number of esters is 1. The van der Waals surface area contributed by atoms with E-state index >= 15 is 0 Å². The second-order valence-corrected chi connectivity index (χ2v) is 5.27. The van der Waals surface area contributed by atoms with Crippen molar-refractivity contribution in [3.05, 3.63) is 17.7 Å². The number of benzene rings is 1. The quantitative estimate of drug-likeness (QED) is 0.730. The highest BCUT2D eigenvalue weighted by molar-refractivity contribution is 5.98. The van der Waals surface area contributed by atoms with E-state index in [1.165, 1.54) is 40.6 Å². The van der Waals surface area contributed by atoms with Gasteiger partial charge < -0.3 is 24.3 Å². The first kappa shape index (κ1) is 19.6. The summed E-state index contributed by atoms with van der Waals surface area (Å²) >= 11 is 0. The summed E-state index contributed by atoms with van der Waals surface area (Å²) in [5.74, 6) is 0.141. The molecule has 1 amide bonds. The van der Waals surface area contributed by atoms with E-state index in [9.17, 15) is 9.59 Å². The van der Waals surface area contributed by atoms with Crippen molar-refractivity contribution in [2.24, 2.45) is 5.92 Å². The van der Waals surface area contributed by atoms with E-state index in [0.29, 0.717) is 22.8 Å². The van der Waals surface area contributed by atoms with Gasteiger partial charge in [0, 0.05) is 5.56 Å². The molecule has 2 atom stereocenters. The van der Waals surface area contributed by atoms with Crippen LogP contribution < -0.4 is 19.5 Å². The zero-order valence-corrected chi connectivity index (χ0v) is 15.0. The van der Waals surface area contributed by atoms with E-state index in [2.05, 4.69) is 5.32 Å². The second kappa shape index (κ2) is 9.00. The lowest BCUT2D eigenvalue weighted by Gasteiger charge is -2.22. The Morgan fingerprint density at radius 2 is 1.58 bits per heavy atom. The van der Waals surface area contributed by atoms with Gasteiger partial charge in [-0.2, -0.15) is 0 Å². The molecule has 0 spiro atoms. The van der Waals surface area contributed by atoms with Crippen molar-refractivity contribution >= 4 is 11.9 Å². The first-order chi connectivity index (χ1) is 11.4. The van der Waals surface area contributed by atoms with Gasteiger partial charge in [-0.25, -0.2) is 4.79 Å². The van der Waals surface area contributed by atoms with Gasteiger partial charge in [0.05, 0.1) is 28.4 Å². The van der Waals surface area contributed by atoms with Crippen molar-refractivity contribution in [2.45, 2.75) is 26.3 Å². The summed E-state index contributed by atoms with van der Waals surface area (Å²) < 4.78 is 20.5. The van der Waals surface area contributed by atoms with Crippen LogP contribution in [-0.4, -0.2) is 46.4 Å². The molecular formula is C17H25NO6. The molecule has 0 heterocycles. The predicted molar refractivity (Wildman–Crippen MR) is 88.8 cm³/mol. The number of hydrogen-bond acceptors (Lipinski definition) is 6. The monoisotopic (exact) mass is 339 g/mol. The molecule has 0 aliphatic heterocycles. The highest BCUT2D eigenvalue weighted by Crippen LogP contribution is 2.38. The Hall–Kier alpha value is -2.44. The van der Waals surface area contributed by atoms with Gasteiger partial charge in [-0.1, -0.05) is 20.3 Å². The minimum Gasteiger partial charge on any atom is -0.493 e. The van der Waals surface area contributed by atoms with E-state index < -0.39 is 17.9 Å². The van der Waals surface area contributed by atoms with Gasteiger partial charge in [0.1, 0.15) is 6.04 Å². The molecule has 7 nitrogen and oxygen atoms in total. The number of methoxy groups -OCH3 is 4. The number of ether oxygens (including phenoxy) is 4. The van der Waals surface area contributed by atoms with Crippen LogP contribution in [0, 0.1) is 5.92 Å². The Labute approximate surface area is 142 Å². The number of amides is 1. The Balaban J connectivity index is 3.15. The molecule has 0 unspecified atom stereocenters. The van der Waals surface area contributed by atoms with E-state index in [-0.39, 0.29) is 5.92 Å². The first-order valence-electron chi connectivity index (χ1n) is 7.62. The van der Waals surface area contributed by atoms with E-state index in [1.54, 1.807) is 0 Å². The van der Waals surface area contributed by atoms with Crippen molar-refractivity contribution in [3.63, 3.8) is 0 Å². The molecule has 1 aromatic carbocycles. The standard InChI is InChI=1S/C17H25NO6/c1-7-10(2)14(17(20)24-6)18-16(19)11-8-12(21-3)15(23-5)13(9-11)22-4/h8-10,14H,7H2,1-6H3,(H,18,19)/t10-,14-/m0/s1. The van der Waals surface area contributed by atoms with Crippen molar-refractivity contribution in [3.8, 4) is 17.2 Å². The van der Waals surface area contributed by atoms with Crippen LogP contribution >= 0.6 is 0 Å². The number of nitrogens with one attached hydrogen (secondary N) is 1. The summed E-state index contributed by atoms with van der Waals surface area (Å²) in [6, 6.07) is 2.33. The Kier molecular flexibility index (Phi) is 7.35. The number of hydrogen-bond donors (Lipinski definition) is 1. The van der Waals surface area contributed by atoms with Crippen molar-refractivity contribution in [2.75, 3.05) is 28.4 Å². The SMILES string of the molecule is CC[C@H](C)[C@H](NC(=O)c1cc(OC)c(OC)c(OC)c1)C(=O)OC. The lowest BCUT2D eigenvalue weighted by atomic mass is 9.98. The average molecular weight is 339 g/mol. The molecule has 0 saturated heterocycles. The molecule has 0 aromatic heterocycles. The van der Waals surface area contributed by atoms with Crippen LogP contribution in [0.4, 0.5) is 0 Å². The summed E-state index contributed by atoms with van der Waals surface area (Å²) in [5, 5.41) is 2.71. The summed E-state index contributed by atoms with van der Waals surface area (Å²) in [5.41, 5.74) is 0.293. The minimum atomic E-state index is -0.730.